The summed E-state index contributed by atoms with van der Waals surface area (Å²) >= 11 is 0. The molecule has 112 valence electrons. The van der Waals surface area contributed by atoms with Gasteiger partial charge in [-0.25, -0.2) is 4.68 Å². The molecular formula is C13H23N5O2. The lowest BCUT2D eigenvalue weighted by molar-refractivity contribution is -0.123. The van der Waals surface area contributed by atoms with E-state index in [-0.39, 0.29) is 12.5 Å². The van der Waals surface area contributed by atoms with E-state index < -0.39 is 5.60 Å². The van der Waals surface area contributed by atoms with E-state index >= 15 is 0 Å². The van der Waals surface area contributed by atoms with Gasteiger partial charge >= 0.3 is 0 Å². The molecule has 1 saturated carbocycles. The summed E-state index contributed by atoms with van der Waals surface area (Å²) in [5, 5.41) is 20.8. The monoisotopic (exact) mass is 281 g/mol. The Morgan fingerprint density at radius 2 is 2.50 bits per heavy atom. The van der Waals surface area contributed by atoms with Crippen molar-refractivity contribution >= 4 is 5.91 Å². The highest BCUT2D eigenvalue weighted by Gasteiger charge is 2.32. The molecule has 1 heterocycles. The largest absolute Gasteiger partial charge is 0.388 e. The molecule has 1 aliphatic rings. The Labute approximate surface area is 118 Å². The molecule has 0 radical (unpaired) electrons. The highest BCUT2D eigenvalue weighted by molar-refractivity contribution is 5.75. The summed E-state index contributed by atoms with van der Waals surface area (Å²) in [5.74, 6) is 0.332. The Morgan fingerprint density at radius 3 is 3.15 bits per heavy atom. The predicted molar refractivity (Wildman–Crippen MR) is 73.5 cm³/mol. The van der Waals surface area contributed by atoms with Crippen LogP contribution in [-0.2, 0) is 17.9 Å². The Hall–Kier alpha value is -1.47. The van der Waals surface area contributed by atoms with Crippen LogP contribution >= 0.6 is 0 Å². The minimum absolute atomic E-state index is 0.0959. The van der Waals surface area contributed by atoms with Gasteiger partial charge in [-0.15, -0.1) is 5.10 Å². The minimum atomic E-state index is -0.766. The molecule has 7 heteroatoms. The van der Waals surface area contributed by atoms with E-state index in [4.69, 9.17) is 5.73 Å². The van der Waals surface area contributed by atoms with E-state index in [1.807, 2.05) is 0 Å². The van der Waals surface area contributed by atoms with Crippen molar-refractivity contribution in [1.29, 1.82) is 0 Å². The molecule has 1 aromatic rings. The predicted octanol–water partition coefficient (Wildman–Crippen LogP) is -0.206. The normalized spacial score (nSPS) is 26.4. The van der Waals surface area contributed by atoms with E-state index in [1.54, 1.807) is 6.20 Å². The maximum Gasteiger partial charge on any atom is 0.241 e. The molecule has 7 nitrogen and oxygen atoms in total. The average molecular weight is 281 g/mol. The van der Waals surface area contributed by atoms with Gasteiger partial charge in [0, 0.05) is 13.1 Å². The molecule has 0 aromatic carbocycles. The van der Waals surface area contributed by atoms with Crippen LogP contribution in [0.4, 0.5) is 0 Å². The van der Waals surface area contributed by atoms with Crippen molar-refractivity contribution in [3.05, 3.63) is 11.9 Å². The highest BCUT2D eigenvalue weighted by atomic mass is 16.3. The van der Waals surface area contributed by atoms with Gasteiger partial charge in [0.05, 0.1) is 17.5 Å². The number of carbonyl (C=O) groups is 1. The van der Waals surface area contributed by atoms with Crippen molar-refractivity contribution in [2.24, 2.45) is 11.7 Å². The van der Waals surface area contributed by atoms with E-state index in [2.05, 4.69) is 22.6 Å². The highest BCUT2D eigenvalue weighted by Crippen LogP contribution is 2.31. The van der Waals surface area contributed by atoms with Crippen LogP contribution in [0.1, 0.15) is 38.3 Å². The van der Waals surface area contributed by atoms with E-state index in [0.717, 1.165) is 25.7 Å². The summed E-state index contributed by atoms with van der Waals surface area (Å²) in [6.45, 7) is 2.84. The number of rotatable bonds is 5. The molecule has 0 saturated heterocycles. The molecule has 0 bridgehead atoms. The number of nitrogens with zero attached hydrogens (tertiary/aromatic N) is 3. The Kier molecular flexibility index (Phi) is 4.72. The second-order valence-electron chi connectivity index (χ2n) is 5.81. The van der Waals surface area contributed by atoms with Gasteiger partial charge in [0.25, 0.3) is 0 Å². The van der Waals surface area contributed by atoms with Crippen molar-refractivity contribution in [2.75, 3.05) is 6.54 Å². The maximum atomic E-state index is 11.8. The molecule has 0 spiro atoms. The van der Waals surface area contributed by atoms with E-state index in [9.17, 15) is 9.90 Å². The fraction of sp³-hybridized carbons (Fsp3) is 0.769. The van der Waals surface area contributed by atoms with Gasteiger partial charge in [-0.05, 0) is 18.8 Å². The van der Waals surface area contributed by atoms with Crippen LogP contribution in [0.3, 0.4) is 0 Å². The van der Waals surface area contributed by atoms with Crippen LogP contribution in [0.5, 0.6) is 0 Å². The van der Waals surface area contributed by atoms with Crippen molar-refractivity contribution in [3.8, 4) is 0 Å². The van der Waals surface area contributed by atoms with Gasteiger partial charge in [-0.1, -0.05) is 25.0 Å². The first-order valence-corrected chi connectivity index (χ1v) is 7.09. The molecule has 2 rings (SSSR count). The van der Waals surface area contributed by atoms with Crippen LogP contribution < -0.4 is 11.1 Å². The first-order chi connectivity index (χ1) is 9.50. The fourth-order valence-corrected chi connectivity index (χ4v) is 2.77. The van der Waals surface area contributed by atoms with Crippen LogP contribution in [0.25, 0.3) is 0 Å². The lowest BCUT2D eigenvalue weighted by Crippen LogP contribution is -2.46. The SMILES string of the molecule is CC1CCCC(O)(CNC(=O)Cn2cc(CN)nn2)C1. The molecule has 1 fully saturated rings. The van der Waals surface area contributed by atoms with Gasteiger partial charge in [-0.2, -0.15) is 0 Å². The zero-order valence-corrected chi connectivity index (χ0v) is 11.9. The Bertz CT molecular complexity index is 461. The number of nitrogens with one attached hydrogen (secondary N) is 1. The van der Waals surface area contributed by atoms with E-state index in [0.29, 0.717) is 24.7 Å². The molecule has 4 N–H and O–H groups in total. The van der Waals surface area contributed by atoms with Gasteiger partial charge in [0.1, 0.15) is 6.54 Å². The molecule has 0 aliphatic heterocycles. The van der Waals surface area contributed by atoms with Crippen LogP contribution in [-0.4, -0.2) is 38.2 Å². The van der Waals surface area contributed by atoms with Crippen molar-refractivity contribution < 1.29 is 9.90 Å². The molecular weight excluding hydrogens is 258 g/mol. The molecule has 1 aliphatic carbocycles. The number of aromatic nitrogens is 3. The molecule has 2 unspecified atom stereocenters. The third-order valence-corrected chi connectivity index (χ3v) is 3.78. The van der Waals surface area contributed by atoms with Crippen molar-refractivity contribution in [3.63, 3.8) is 0 Å². The minimum Gasteiger partial charge on any atom is -0.388 e. The number of nitrogens with two attached hydrogens (primary N) is 1. The van der Waals surface area contributed by atoms with Crippen molar-refractivity contribution in [1.82, 2.24) is 20.3 Å². The summed E-state index contributed by atoms with van der Waals surface area (Å²) in [5.41, 5.74) is 5.32. The Morgan fingerprint density at radius 1 is 1.70 bits per heavy atom. The Balaban J connectivity index is 1.79. The molecule has 1 aromatic heterocycles. The molecule has 2 atom stereocenters. The van der Waals surface area contributed by atoms with Gasteiger partial charge in [0.2, 0.25) is 5.91 Å². The summed E-state index contributed by atoms with van der Waals surface area (Å²) < 4.78 is 1.45. The number of aliphatic hydroxyl groups is 1. The quantitative estimate of drug-likeness (QED) is 0.692. The first kappa shape index (κ1) is 14.9. The van der Waals surface area contributed by atoms with Gasteiger partial charge in [-0.3, -0.25) is 4.79 Å². The summed E-state index contributed by atoms with van der Waals surface area (Å²) in [4.78, 5) is 11.8. The van der Waals surface area contributed by atoms with Crippen LogP contribution in [0.2, 0.25) is 0 Å². The fourth-order valence-electron chi connectivity index (χ4n) is 2.77. The van der Waals surface area contributed by atoms with E-state index in [1.165, 1.54) is 4.68 Å². The smallest absolute Gasteiger partial charge is 0.241 e. The molecule has 20 heavy (non-hydrogen) atoms. The summed E-state index contributed by atoms with van der Waals surface area (Å²) in [7, 11) is 0. The second-order valence-corrected chi connectivity index (χ2v) is 5.81. The summed E-state index contributed by atoms with van der Waals surface area (Å²) in [6.07, 6.45) is 5.30. The number of hydrogen-bond donors (Lipinski definition) is 3. The number of amides is 1. The lowest BCUT2D eigenvalue weighted by atomic mass is 9.79. The van der Waals surface area contributed by atoms with Crippen LogP contribution in [0.15, 0.2) is 6.20 Å². The topological polar surface area (TPSA) is 106 Å². The zero-order chi connectivity index (χ0) is 14.6. The van der Waals surface area contributed by atoms with Gasteiger partial charge in [0.15, 0.2) is 0 Å². The molecule has 1 amide bonds. The first-order valence-electron chi connectivity index (χ1n) is 7.09. The average Bonchev–Trinajstić information content (AvgIpc) is 2.84. The second kappa shape index (κ2) is 6.32. The third kappa shape index (κ3) is 4.01. The summed E-state index contributed by atoms with van der Waals surface area (Å²) in [6, 6.07) is 0. The number of carbonyl (C=O) groups excluding carboxylic acids is 1. The third-order valence-electron chi connectivity index (χ3n) is 3.78. The maximum absolute atomic E-state index is 11.8. The number of hydrogen-bond acceptors (Lipinski definition) is 5. The standard InChI is InChI=1S/C13H23N5O2/c1-10-3-2-4-13(20,5-10)9-15-12(19)8-18-7-11(6-14)16-17-18/h7,10,20H,2-6,8-9,14H2,1H3,(H,15,19). The van der Waals surface area contributed by atoms with Gasteiger partial charge < -0.3 is 16.2 Å². The zero-order valence-electron chi connectivity index (χ0n) is 11.9. The van der Waals surface area contributed by atoms with Crippen molar-refractivity contribution in [2.45, 2.75) is 51.3 Å². The van der Waals surface area contributed by atoms with Crippen LogP contribution in [0, 0.1) is 5.92 Å². The lowest BCUT2D eigenvalue weighted by Gasteiger charge is -2.35.